The Bertz CT molecular complexity index is 1220. The maximum atomic E-state index is 12.8. The number of halogens is 2. The van der Waals surface area contributed by atoms with Crippen molar-refractivity contribution in [3.05, 3.63) is 110 Å². The molecule has 162 valence electrons. The number of nitrogens with zero attached hydrogens (tertiary/aromatic N) is 2. The van der Waals surface area contributed by atoms with Crippen LogP contribution in [0, 0.1) is 6.92 Å². The molecule has 1 aromatic heterocycles. The Labute approximate surface area is 203 Å². The molecule has 32 heavy (non-hydrogen) atoms. The SMILES string of the molecule is Cc1ccc(Cn2cc(Br)c(NC(=O)c3cccc(COc4ccc(Br)cc4)c3)n2)cc1. The zero-order valence-electron chi connectivity index (χ0n) is 17.4. The lowest BCUT2D eigenvalue weighted by Crippen LogP contribution is -2.13. The summed E-state index contributed by atoms with van der Waals surface area (Å²) in [5, 5.41) is 7.39. The summed E-state index contributed by atoms with van der Waals surface area (Å²) in [6.07, 6.45) is 1.86. The number of aryl methyl sites for hydroxylation is 1. The zero-order valence-corrected chi connectivity index (χ0v) is 20.6. The van der Waals surface area contributed by atoms with E-state index in [-0.39, 0.29) is 5.91 Å². The Kier molecular flexibility index (Phi) is 7.07. The number of hydrogen-bond acceptors (Lipinski definition) is 3. The fourth-order valence-electron chi connectivity index (χ4n) is 3.12. The van der Waals surface area contributed by atoms with Gasteiger partial charge in [0.05, 0.1) is 11.0 Å². The van der Waals surface area contributed by atoms with Crippen molar-refractivity contribution in [1.82, 2.24) is 9.78 Å². The van der Waals surface area contributed by atoms with Crippen LogP contribution in [0.4, 0.5) is 5.82 Å². The summed E-state index contributed by atoms with van der Waals surface area (Å²) in [7, 11) is 0. The van der Waals surface area contributed by atoms with Crippen LogP contribution in [0.3, 0.4) is 0 Å². The molecule has 0 spiro atoms. The molecule has 0 radical (unpaired) electrons. The highest BCUT2D eigenvalue weighted by atomic mass is 79.9. The molecule has 0 aliphatic rings. The molecule has 7 heteroatoms. The van der Waals surface area contributed by atoms with Crippen molar-refractivity contribution >= 4 is 43.6 Å². The Hall–Kier alpha value is -2.90. The van der Waals surface area contributed by atoms with Crippen LogP contribution < -0.4 is 10.1 Å². The van der Waals surface area contributed by atoms with Crippen molar-refractivity contribution in [3.8, 4) is 5.75 Å². The molecule has 0 bridgehead atoms. The van der Waals surface area contributed by atoms with Crippen molar-refractivity contribution in [1.29, 1.82) is 0 Å². The summed E-state index contributed by atoms with van der Waals surface area (Å²) in [6.45, 7) is 3.05. The molecule has 0 fully saturated rings. The van der Waals surface area contributed by atoms with Crippen LogP contribution in [0.15, 0.2) is 87.9 Å². The molecule has 0 unspecified atom stereocenters. The maximum Gasteiger partial charge on any atom is 0.256 e. The average Bonchev–Trinajstić information content (AvgIpc) is 3.13. The molecular weight excluding hydrogens is 534 g/mol. The van der Waals surface area contributed by atoms with Crippen LogP contribution in [-0.4, -0.2) is 15.7 Å². The van der Waals surface area contributed by atoms with Crippen LogP contribution in [0.25, 0.3) is 0 Å². The van der Waals surface area contributed by atoms with Crippen molar-refractivity contribution in [3.63, 3.8) is 0 Å². The van der Waals surface area contributed by atoms with Crippen molar-refractivity contribution in [2.24, 2.45) is 0 Å². The first-order valence-corrected chi connectivity index (χ1v) is 11.6. The Morgan fingerprint density at radius 1 is 1.00 bits per heavy atom. The topological polar surface area (TPSA) is 56.2 Å². The highest BCUT2D eigenvalue weighted by molar-refractivity contribution is 9.10. The predicted molar refractivity (Wildman–Crippen MR) is 133 cm³/mol. The number of aromatic nitrogens is 2. The van der Waals surface area contributed by atoms with Gasteiger partial charge in [0.15, 0.2) is 5.82 Å². The van der Waals surface area contributed by atoms with E-state index in [4.69, 9.17) is 4.74 Å². The van der Waals surface area contributed by atoms with Gasteiger partial charge >= 0.3 is 0 Å². The largest absolute Gasteiger partial charge is 0.489 e. The molecule has 0 aliphatic carbocycles. The van der Waals surface area contributed by atoms with Gasteiger partial charge in [-0.2, -0.15) is 5.10 Å². The Morgan fingerprint density at radius 3 is 2.50 bits per heavy atom. The summed E-state index contributed by atoms with van der Waals surface area (Å²) < 4.78 is 9.33. The van der Waals surface area contributed by atoms with E-state index in [0.29, 0.717) is 24.5 Å². The van der Waals surface area contributed by atoms with E-state index in [0.717, 1.165) is 25.8 Å². The third-order valence-electron chi connectivity index (χ3n) is 4.82. The minimum atomic E-state index is -0.225. The van der Waals surface area contributed by atoms with E-state index in [1.165, 1.54) is 5.56 Å². The van der Waals surface area contributed by atoms with E-state index in [1.807, 2.05) is 48.7 Å². The highest BCUT2D eigenvalue weighted by Crippen LogP contribution is 2.22. The number of nitrogens with one attached hydrogen (secondary N) is 1. The summed E-state index contributed by atoms with van der Waals surface area (Å²) >= 11 is 6.90. The van der Waals surface area contributed by atoms with Gasteiger partial charge in [-0.15, -0.1) is 0 Å². The first kappa shape index (κ1) is 22.3. The molecule has 0 aliphatic heterocycles. The molecule has 4 aromatic rings. The molecule has 0 atom stereocenters. The van der Waals surface area contributed by atoms with E-state index < -0.39 is 0 Å². The number of anilines is 1. The summed E-state index contributed by atoms with van der Waals surface area (Å²) in [5.41, 5.74) is 3.81. The number of carbonyl (C=O) groups excluding carboxylic acids is 1. The fraction of sp³-hybridized carbons (Fsp3) is 0.120. The highest BCUT2D eigenvalue weighted by Gasteiger charge is 2.13. The second-order valence-electron chi connectivity index (χ2n) is 7.41. The first-order chi connectivity index (χ1) is 15.5. The van der Waals surface area contributed by atoms with Gasteiger partial charge in [-0.25, -0.2) is 0 Å². The number of hydrogen-bond donors (Lipinski definition) is 1. The molecule has 1 heterocycles. The van der Waals surface area contributed by atoms with Gasteiger partial charge in [-0.3, -0.25) is 9.48 Å². The minimum absolute atomic E-state index is 0.225. The molecule has 1 amide bonds. The Morgan fingerprint density at radius 2 is 1.75 bits per heavy atom. The van der Waals surface area contributed by atoms with Crippen LogP contribution >= 0.6 is 31.9 Å². The monoisotopic (exact) mass is 553 g/mol. The second-order valence-corrected chi connectivity index (χ2v) is 9.18. The molecule has 1 N–H and O–H groups in total. The van der Waals surface area contributed by atoms with Crippen LogP contribution in [-0.2, 0) is 13.2 Å². The fourth-order valence-corrected chi connectivity index (χ4v) is 3.80. The van der Waals surface area contributed by atoms with E-state index in [2.05, 4.69) is 73.5 Å². The summed E-state index contributed by atoms with van der Waals surface area (Å²) in [5.74, 6) is 1.03. The molecular formula is C25H21Br2N3O2. The molecule has 5 nitrogen and oxygen atoms in total. The van der Waals surface area contributed by atoms with Gasteiger partial charge < -0.3 is 10.1 Å². The second kappa shape index (κ2) is 10.1. The van der Waals surface area contributed by atoms with Crippen molar-refractivity contribution in [2.75, 3.05) is 5.32 Å². The average molecular weight is 555 g/mol. The van der Waals surface area contributed by atoms with E-state index >= 15 is 0 Å². The number of carbonyl (C=O) groups is 1. The maximum absolute atomic E-state index is 12.8. The van der Waals surface area contributed by atoms with Crippen LogP contribution in [0.2, 0.25) is 0 Å². The molecule has 3 aromatic carbocycles. The summed E-state index contributed by atoms with van der Waals surface area (Å²) in [4.78, 5) is 12.8. The van der Waals surface area contributed by atoms with E-state index in [1.54, 1.807) is 10.7 Å². The predicted octanol–water partition coefficient (Wildman–Crippen LogP) is 6.60. The van der Waals surface area contributed by atoms with Gasteiger partial charge in [0.1, 0.15) is 12.4 Å². The lowest BCUT2D eigenvalue weighted by molar-refractivity contribution is 0.102. The van der Waals surface area contributed by atoms with Gasteiger partial charge in [-0.05, 0) is 70.4 Å². The quantitative estimate of drug-likeness (QED) is 0.280. The molecule has 0 saturated heterocycles. The molecule has 4 rings (SSSR count). The summed E-state index contributed by atoms with van der Waals surface area (Å²) in [6, 6.07) is 23.3. The van der Waals surface area contributed by atoms with Crippen LogP contribution in [0.1, 0.15) is 27.0 Å². The number of rotatable bonds is 7. The number of benzene rings is 3. The van der Waals surface area contributed by atoms with Gasteiger partial charge in [0, 0.05) is 16.2 Å². The minimum Gasteiger partial charge on any atom is -0.489 e. The van der Waals surface area contributed by atoms with Crippen molar-refractivity contribution < 1.29 is 9.53 Å². The normalized spacial score (nSPS) is 10.7. The van der Waals surface area contributed by atoms with Gasteiger partial charge in [0.2, 0.25) is 0 Å². The number of amides is 1. The third kappa shape index (κ3) is 5.87. The number of ether oxygens (including phenoxy) is 1. The van der Waals surface area contributed by atoms with Crippen molar-refractivity contribution in [2.45, 2.75) is 20.1 Å². The Balaban J connectivity index is 1.40. The molecule has 0 saturated carbocycles. The smallest absolute Gasteiger partial charge is 0.256 e. The van der Waals surface area contributed by atoms with Crippen LogP contribution in [0.5, 0.6) is 5.75 Å². The third-order valence-corrected chi connectivity index (χ3v) is 5.93. The van der Waals surface area contributed by atoms with Gasteiger partial charge in [-0.1, -0.05) is 57.9 Å². The lowest BCUT2D eigenvalue weighted by Gasteiger charge is -2.08. The lowest BCUT2D eigenvalue weighted by atomic mass is 10.1. The van der Waals surface area contributed by atoms with E-state index in [9.17, 15) is 4.79 Å². The zero-order chi connectivity index (χ0) is 22.5. The first-order valence-electron chi connectivity index (χ1n) is 10.0. The standard InChI is InChI=1S/C25H21Br2N3O2/c1-17-5-7-18(8-6-17)14-30-15-23(27)24(29-30)28-25(31)20-4-2-3-19(13-20)16-32-22-11-9-21(26)10-12-22/h2-13,15H,14,16H2,1H3,(H,28,29,31). The van der Waals surface area contributed by atoms with Gasteiger partial charge in [0.25, 0.3) is 5.91 Å².